The summed E-state index contributed by atoms with van der Waals surface area (Å²) >= 11 is 1.72. The largest absolute Gasteiger partial charge is 0.269 e. The van der Waals surface area contributed by atoms with Crippen molar-refractivity contribution in [1.29, 1.82) is 0 Å². The third-order valence-electron chi connectivity index (χ3n) is 1.59. The van der Waals surface area contributed by atoms with Crippen LogP contribution in [-0.2, 0) is 0 Å². The van der Waals surface area contributed by atoms with Crippen molar-refractivity contribution in [3.8, 4) is 0 Å². The molecule has 0 aliphatic rings. The number of nitro benzene ring substituents is 1. The molecule has 69 valence electrons. The number of hydrogen-bond acceptors (Lipinski definition) is 3. The highest BCUT2D eigenvalue weighted by Crippen LogP contribution is 2.14. The summed E-state index contributed by atoms with van der Waals surface area (Å²) in [5, 5.41) is 10.3. The Labute approximate surface area is 81.3 Å². The van der Waals surface area contributed by atoms with Gasteiger partial charge in [-0.05, 0) is 11.8 Å². The van der Waals surface area contributed by atoms with E-state index in [4.69, 9.17) is 0 Å². The van der Waals surface area contributed by atoms with Crippen molar-refractivity contribution in [3.05, 3.63) is 46.4 Å². The van der Waals surface area contributed by atoms with E-state index < -0.39 is 4.92 Å². The molecule has 0 unspecified atom stereocenters. The van der Waals surface area contributed by atoms with Gasteiger partial charge in [0.05, 0.1) is 4.92 Å². The van der Waals surface area contributed by atoms with Gasteiger partial charge in [0, 0.05) is 24.3 Å². The lowest BCUT2D eigenvalue weighted by Crippen LogP contribution is -1.89. The molecule has 4 heteroatoms. The molecule has 1 radical (unpaired) electrons. The third kappa shape index (κ3) is 3.06. The first kappa shape index (κ1) is 10.1. The molecule has 0 amide bonds. The smallest absolute Gasteiger partial charge is 0.258 e. The van der Waals surface area contributed by atoms with Crippen LogP contribution in [0.5, 0.6) is 0 Å². The number of thioether (sulfide) groups is 1. The van der Waals surface area contributed by atoms with Crippen LogP contribution in [0.1, 0.15) is 5.56 Å². The molecule has 0 heterocycles. The average Bonchev–Trinajstić information content (AvgIpc) is 2.15. The molecule has 0 atom stereocenters. The molecule has 1 aromatic rings. The minimum absolute atomic E-state index is 0.140. The third-order valence-corrected chi connectivity index (χ3v) is 2.09. The lowest BCUT2D eigenvalue weighted by atomic mass is 10.1. The van der Waals surface area contributed by atoms with E-state index in [2.05, 4.69) is 0 Å². The molecule has 1 aromatic carbocycles. The van der Waals surface area contributed by atoms with E-state index in [0.717, 1.165) is 11.3 Å². The van der Waals surface area contributed by atoms with Gasteiger partial charge in [0.15, 0.2) is 0 Å². The Morgan fingerprint density at radius 1 is 1.46 bits per heavy atom. The number of nitrogens with zero attached hydrogens (tertiary/aromatic N) is 1. The van der Waals surface area contributed by atoms with Crippen LogP contribution in [0.3, 0.4) is 0 Å². The Morgan fingerprint density at radius 3 is 2.54 bits per heavy atom. The second kappa shape index (κ2) is 4.87. The quantitative estimate of drug-likeness (QED) is 0.549. The molecular weight excluding hydrogens is 186 g/mol. The Hall–Kier alpha value is -1.03. The minimum Gasteiger partial charge on any atom is -0.258 e. The molecule has 3 nitrogen and oxygen atoms in total. The first-order valence-corrected chi connectivity index (χ1v) is 5.20. The Balaban J connectivity index is 2.64. The SMILES string of the molecule is CSC[CH]c1ccc([N+](=O)[O-])cc1. The highest BCUT2D eigenvalue weighted by Gasteiger charge is 2.03. The summed E-state index contributed by atoms with van der Waals surface area (Å²) in [6, 6.07) is 6.56. The van der Waals surface area contributed by atoms with E-state index >= 15 is 0 Å². The van der Waals surface area contributed by atoms with Crippen molar-refractivity contribution in [3.63, 3.8) is 0 Å². The number of rotatable bonds is 4. The van der Waals surface area contributed by atoms with Crippen molar-refractivity contribution >= 4 is 17.4 Å². The van der Waals surface area contributed by atoms with Crippen LogP contribution >= 0.6 is 11.8 Å². The average molecular weight is 196 g/mol. The lowest BCUT2D eigenvalue weighted by molar-refractivity contribution is -0.384. The molecule has 0 aliphatic carbocycles. The van der Waals surface area contributed by atoms with E-state index in [9.17, 15) is 10.1 Å². The van der Waals surface area contributed by atoms with E-state index in [-0.39, 0.29) is 5.69 Å². The van der Waals surface area contributed by atoms with E-state index in [1.165, 1.54) is 12.1 Å². The highest BCUT2D eigenvalue weighted by atomic mass is 32.2. The fourth-order valence-corrected chi connectivity index (χ4v) is 1.27. The van der Waals surface area contributed by atoms with Gasteiger partial charge in [-0.2, -0.15) is 11.8 Å². The van der Waals surface area contributed by atoms with Crippen molar-refractivity contribution in [2.24, 2.45) is 0 Å². The summed E-state index contributed by atoms with van der Waals surface area (Å²) in [7, 11) is 0. The van der Waals surface area contributed by atoms with Crippen molar-refractivity contribution in [2.45, 2.75) is 0 Å². The predicted molar refractivity (Wildman–Crippen MR) is 54.9 cm³/mol. The van der Waals surface area contributed by atoms with Crippen LogP contribution in [0, 0.1) is 16.5 Å². The standard InChI is InChI=1S/C9H10NO2S/c1-13-7-6-8-2-4-9(5-3-8)10(11)12/h2-6H,7H2,1H3. The maximum absolute atomic E-state index is 10.3. The Morgan fingerprint density at radius 2 is 2.08 bits per heavy atom. The van der Waals surface area contributed by atoms with Crippen LogP contribution in [0.4, 0.5) is 5.69 Å². The lowest BCUT2D eigenvalue weighted by Gasteiger charge is -1.97. The summed E-state index contributed by atoms with van der Waals surface area (Å²) in [6.45, 7) is 0. The molecule has 0 fully saturated rings. The first-order chi connectivity index (χ1) is 6.24. The van der Waals surface area contributed by atoms with Crippen LogP contribution in [-0.4, -0.2) is 16.9 Å². The molecule has 0 bridgehead atoms. The van der Waals surface area contributed by atoms with Crippen molar-refractivity contribution in [1.82, 2.24) is 0 Å². The fourth-order valence-electron chi connectivity index (χ4n) is 0.912. The fraction of sp³-hybridized carbons (Fsp3) is 0.222. The van der Waals surface area contributed by atoms with Gasteiger partial charge in [-0.1, -0.05) is 12.1 Å². The summed E-state index contributed by atoms with van der Waals surface area (Å²) in [6.07, 6.45) is 4.05. The maximum atomic E-state index is 10.3. The van der Waals surface area contributed by atoms with E-state index in [1.807, 2.05) is 12.7 Å². The zero-order chi connectivity index (χ0) is 9.68. The van der Waals surface area contributed by atoms with Gasteiger partial charge in [-0.25, -0.2) is 0 Å². The van der Waals surface area contributed by atoms with Crippen LogP contribution in [0.15, 0.2) is 24.3 Å². The number of nitro groups is 1. The zero-order valence-electron chi connectivity index (χ0n) is 7.27. The first-order valence-electron chi connectivity index (χ1n) is 3.80. The van der Waals surface area contributed by atoms with Crippen LogP contribution < -0.4 is 0 Å². The van der Waals surface area contributed by atoms with Gasteiger partial charge in [0.2, 0.25) is 0 Å². The van der Waals surface area contributed by atoms with Crippen LogP contribution in [0.25, 0.3) is 0 Å². The number of benzene rings is 1. The second-order valence-electron chi connectivity index (χ2n) is 2.51. The topological polar surface area (TPSA) is 43.1 Å². The summed E-state index contributed by atoms with van der Waals surface area (Å²) < 4.78 is 0. The molecule has 0 saturated carbocycles. The molecule has 0 aliphatic heterocycles. The zero-order valence-corrected chi connectivity index (χ0v) is 8.08. The molecule has 0 saturated heterocycles. The second-order valence-corrected chi connectivity index (χ2v) is 3.42. The molecule has 0 N–H and O–H groups in total. The number of non-ortho nitro benzene ring substituents is 1. The minimum atomic E-state index is -0.391. The van der Waals surface area contributed by atoms with Crippen molar-refractivity contribution in [2.75, 3.05) is 12.0 Å². The summed E-state index contributed by atoms with van der Waals surface area (Å²) in [5.74, 6) is 0.928. The van der Waals surface area contributed by atoms with Gasteiger partial charge >= 0.3 is 0 Å². The molecule has 0 spiro atoms. The molecule has 0 aromatic heterocycles. The Bertz CT molecular complexity index is 284. The monoisotopic (exact) mass is 196 g/mol. The summed E-state index contributed by atoms with van der Waals surface area (Å²) in [4.78, 5) is 9.93. The van der Waals surface area contributed by atoms with Crippen LogP contribution in [0.2, 0.25) is 0 Å². The van der Waals surface area contributed by atoms with Gasteiger partial charge in [-0.3, -0.25) is 10.1 Å². The highest BCUT2D eigenvalue weighted by molar-refractivity contribution is 7.98. The molecular formula is C9H10NO2S. The van der Waals surface area contributed by atoms with Gasteiger partial charge in [-0.15, -0.1) is 0 Å². The number of hydrogen-bond donors (Lipinski definition) is 0. The summed E-state index contributed by atoms with van der Waals surface area (Å²) in [5.41, 5.74) is 1.17. The van der Waals surface area contributed by atoms with Gasteiger partial charge in [0.25, 0.3) is 5.69 Å². The Kier molecular flexibility index (Phi) is 3.76. The normalized spacial score (nSPS) is 9.92. The van der Waals surface area contributed by atoms with Crippen molar-refractivity contribution < 1.29 is 4.92 Å². The van der Waals surface area contributed by atoms with E-state index in [1.54, 1.807) is 23.9 Å². The van der Waals surface area contributed by atoms with Gasteiger partial charge < -0.3 is 0 Å². The molecule has 13 heavy (non-hydrogen) atoms. The van der Waals surface area contributed by atoms with E-state index in [0.29, 0.717) is 0 Å². The maximum Gasteiger partial charge on any atom is 0.269 e. The van der Waals surface area contributed by atoms with Gasteiger partial charge in [0.1, 0.15) is 0 Å². The predicted octanol–water partition coefficient (Wildman–Crippen LogP) is 2.51. The molecule has 1 rings (SSSR count).